The molecule has 294 valence electrons. The number of rotatable bonds is 9. The molecule has 0 atom stereocenters. The summed E-state index contributed by atoms with van der Waals surface area (Å²) in [6.07, 6.45) is 0. The largest absolute Gasteiger partial charge is 0.233 e. The highest BCUT2D eigenvalue weighted by atomic mass is 14.9. The summed E-state index contributed by atoms with van der Waals surface area (Å²) in [6, 6.07) is 70.6. The van der Waals surface area contributed by atoms with Crippen LogP contribution in [-0.4, -0.2) is 29.9 Å². The molecular formula is C56H40N6. The fourth-order valence-corrected chi connectivity index (χ4v) is 7.89. The van der Waals surface area contributed by atoms with Crippen molar-refractivity contribution in [1.82, 2.24) is 29.9 Å². The van der Waals surface area contributed by atoms with E-state index in [9.17, 15) is 0 Å². The SMILES string of the molecule is Cc1cc(C)nc(-c2cc(-c3ccc(-c4cc(-c5ccccc5)nc(-c5ccccc5)n4)cc3)ccc2-c2ccccc2-c2nc(-c3ccccc3)cc(-c3ccccc3)n2)n1. The maximum Gasteiger partial charge on any atom is 0.161 e. The molecule has 0 fully saturated rings. The number of benzene rings is 7. The van der Waals surface area contributed by atoms with E-state index >= 15 is 0 Å². The first-order valence-electron chi connectivity index (χ1n) is 20.7. The van der Waals surface area contributed by atoms with Gasteiger partial charge in [-0.05, 0) is 60.4 Å². The minimum Gasteiger partial charge on any atom is -0.233 e. The van der Waals surface area contributed by atoms with Crippen LogP contribution >= 0.6 is 0 Å². The van der Waals surface area contributed by atoms with Gasteiger partial charge in [0.2, 0.25) is 0 Å². The molecule has 3 heterocycles. The van der Waals surface area contributed by atoms with Crippen LogP contribution in [0.4, 0.5) is 0 Å². The molecule has 6 heteroatoms. The van der Waals surface area contributed by atoms with Gasteiger partial charge in [-0.2, -0.15) is 0 Å². The summed E-state index contributed by atoms with van der Waals surface area (Å²) < 4.78 is 0. The van der Waals surface area contributed by atoms with Crippen LogP contribution in [0.15, 0.2) is 206 Å². The van der Waals surface area contributed by atoms with Gasteiger partial charge in [-0.15, -0.1) is 0 Å². The molecule has 10 rings (SSSR count). The van der Waals surface area contributed by atoms with E-state index < -0.39 is 0 Å². The van der Waals surface area contributed by atoms with E-state index in [-0.39, 0.29) is 0 Å². The van der Waals surface area contributed by atoms with Crippen molar-refractivity contribution in [3.63, 3.8) is 0 Å². The summed E-state index contributed by atoms with van der Waals surface area (Å²) >= 11 is 0. The zero-order valence-electron chi connectivity index (χ0n) is 34.3. The highest BCUT2D eigenvalue weighted by molar-refractivity contribution is 5.92. The molecule has 0 saturated heterocycles. The average molecular weight is 797 g/mol. The van der Waals surface area contributed by atoms with E-state index in [1.807, 2.05) is 111 Å². The first kappa shape index (κ1) is 38.0. The fraction of sp³-hybridized carbons (Fsp3) is 0.0357. The van der Waals surface area contributed by atoms with E-state index in [0.29, 0.717) is 17.5 Å². The average Bonchev–Trinajstić information content (AvgIpc) is 3.34. The topological polar surface area (TPSA) is 77.3 Å². The van der Waals surface area contributed by atoms with Gasteiger partial charge in [-0.25, -0.2) is 29.9 Å². The summed E-state index contributed by atoms with van der Waals surface area (Å²) in [6.45, 7) is 4.03. The maximum absolute atomic E-state index is 5.21. The molecule has 10 aromatic rings. The lowest BCUT2D eigenvalue weighted by atomic mass is 9.91. The maximum atomic E-state index is 5.21. The van der Waals surface area contributed by atoms with Crippen LogP contribution < -0.4 is 0 Å². The molecule has 3 aromatic heterocycles. The van der Waals surface area contributed by atoms with Crippen LogP contribution in [-0.2, 0) is 0 Å². The third-order valence-corrected chi connectivity index (χ3v) is 10.9. The summed E-state index contributed by atoms with van der Waals surface area (Å²) in [7, 11) is 0. The first-order chi connectivity index (χ1) is 30.5. The number of aryl methyl sites for hydroxylation is 2. The molecule has 0 aliphatic heterocycles. The van der Waals surface area contributed by atoms with Gasteiger partial charge in [-0.1, -0.05) is 182 Å². The van der Waals surface area contributed by atoms with E-state index in [1.54, 1.807) is 0 Å². The van der Waals surface area contributed by atoms with Gasteiger partial charge in [0.1, 0.15) is 0 Å². The second-order valence-electron chi connectivity index (χ2n) is 15.2. The standard InChI is InChI=1S/C56H40N6/c1-37-33-38(2)58-56(57-37)49-34-45(39-27-29-43(30-28-39)53-35-50(40-17-7-3-8-18-40)59-54(60-53)44-23-13-6-14-24-44)31-32-47(49)46-25-15-16-26-48(46)55-61-51(41-19-9-4-10-20-41)36-52(62-55)42-21-11-5-12-22-42/h3-36H,1-2H3. The van der Waals surface area contributed by atoms with Gasteiger partial charge in [0, 0.05) is 50.3 Å². The number of nitrogens with zero attached hydrogens (tertiary/aromatic N) is 6. The molecular weight excluding hydrogens is 757 g/mol. The summed E-state index contributed by atoms with van der Waals surface area (Å²) in [5.74, 6) is 1.99. The van der Waals surface area contributed by atoms with Gasteiger partial charge < -0.3 is 0 Å². The Morgan fingerprint density at radius 3 is 1.08 bits per heavy atom. The molecule has 0 saturated carbocycles. The van der Waals surface area contributed by atoms with Crippen LogP contribution in [0.25, 0.3) is 101 Å². The van der Waals surface area contributed by atoms with Gasteiger partial charge in [0.25, 0.3) is 0 Å². The minimum atomic E-state index is 0.642. The molecule has 62 heavy (non-hydrogen) atoms. The smallest absolute Gasteiger partial charge is 0.161 e. The number of aromatic nitrogens is 6. The minimum absolute atomic E-state index is 0.642. The van der Waals surface area contributed by atoms with Crippen LogP contribution in [0.1, 0.15) is 11.4 Å². The van der Waals surface area contributed by atoms with Crippen molar-refractivity contribution in [2.24, 2.45) is 0 Å². The second kappa shape index (κ2) is 16.8. The summed E-state index contributed by atoms with van der Waals surface area (Å²) in [5.41, 5.74) is 16.2. The number of hydrogen-bond donors (Lipinski definition) is 0. The molecule has 7 aromatic carbocycles. The Labute approximate surface area is 361 Å². The fourth-order valence-electron chi connectivity index (χ4n) is 7.89. The quantitative estimate of drug-likeness (QED) is 0.145. The van der Waals surface area contributed by atoms with Gasteiger partial charge >= 0.3 is 0 Å². The molecule has 0 aliphatic carbocycles. The van der Waals surface area contributed by atoms with Crippen LogP contribution in [0.2, 0.25) is 0 Å². The lowest BCUT2D eigenvalue weighted by molar-refractivity contribution is 1.06. The van der Waals surface area contributed by atoms with Crippen molar-refractivity contribution >= 4 is 0 Å². The first-order valence-corrected chi connectivity index (χ1v) is 20.7. The monoisotopic (exact) mass is 796 g/mol. The van der Waals surface area contributed by atoms with Crippen molar-refractivity contribution in [2.75, 3.05) is 0 Å². The van der Waals surface area contributed by atoms with Gasteiger partial charge in [0.05, 0.1) is 22.8 Å². The van der Waals surface area contributed by atoms with Crippen molar-refractivity contribution < 1.29 is 0 Å². The lowest BCUT2D eigenvalue weighted by Gasteiger charge is -2.16. The Bertz CT molecular complexity index is 3030. The molecule has 0 unspecified atom stereocenters. The highest BCUT2D eigenvalue weighted by Gasteiger charge is 2.20. The zero-order valence-corrected chi connectivity index (χ0v) is 34.3. The van der Waals surface area contributed by atoms with Crippen LogP contribution in [0.3, 0.4) is 0 Å². The van der Waals surface area contributed by atoms with Crippen molar-refractivity contribution in [3.05, 3.63) is 218 Å². The third-order valence-electron chi connectivity index (χ3n) is 10.9. The normalized spacial score (nSPS) is 11.1. The van der Waals surface area contributed by atoms with E-state index in [2.05, 4.69) is 109 Å². The van der Waals surface area contributed by atoms with Crippen molar-refractivity contribution in [2.45, 2.75) is 13.8 Å². The van der Waals surface area contributed by atoms with Crippen molar-refractivity contribution in [1.29, 1.82) is 0 Å². The molecule has 0 aliphatic rings. The van der Waals surface area contributed by atoms with Gasteiger partial charge in [-0.3, -0.25) is 0 Å². The van der Waals surface area contributed by atoms with E-state index in [4.69, 9.17) is 29.9 Å². The Morgan fingerprint density at radius 2 is 0.581 bits per heavy atom. The second-order valence-corrected chi connectivity index (χ2v) is 15.2. The Morgan fingerprint density at radius 1 is 0.226 bits per heavy atom. The predicted octanol–water partition coefficient (Wildman–Crippen LogP) is 13.7. The predicted molar refractivity (Wildman–Crippen MR) is 252 cm³/mol. The van der Waals surface area contributed by atoms with E-state index in [1.165, 1.54) is 0 Å². The number of hydrogen-bond acceptors (Lipinski definition) is 6. The Balaban J connectivity index is 1.08. The molecule has 0 N–H and O–H groups in total. The third kappa shape index (κ3) is 7.93. The van der Waals surface area contributed by atoms with Crippen LogP contribution in [0.5, 0.6) is 0 Å². The van der Waals surface area contributed by atoms with E-state index in [0.717, 1.165) is 95.4 Å². The Hall–Kier alpha value is -8.22. The molecule has 6 nitrogen and oxygen atoms in total. The summed E-state index contributed by atoms with van der Waals surface area (Å²) in [5, 5.41) is 0. The lowest BCUT2D eigenvalue weighted by Crippen LogP contribution is -2.00. The van der Waals surface area contributed by atoms with Crippen LogP contribution in [0, 0.1) is 13.8 Å². The summed E-state index contributed by atoms with van der Waals surface area (Å²) in [4.78, 5) is 30.5. The Kier molecular flexibility index (Phi) is 10.3. The molecule has 0 spiro atoms. The molecule has 0 bridgehead atoms. The van der Waals surface area contributed by atoms with Gasteiger partial charge in [0.15, 0.2) is 17.5 Å². The molecule has 0 amide bonds. The molecule has 0 radical (unpaired) electrons. The zero-order chi connectivity index (χ0) is 41.8. The highest BCUT2D eigenvalue weighted by Crippen LogP contribution is 2.40. The van der Waals surface area contributed by atoms with Crippen molar-refractivity contribution in [3.8, 4) is 101 Å².